The number of nitrogens with zero attached hydrogens (tertiary/aromatic N) is 1. The van der Waals surface area contributed by atoms with Crippen LogP contribution in [0.5, 0.6) is 0 Å². The fourth-order valence-electron chi connectivity index (χ4n) is 1.97. The van der Waals surface area contributed by atoms with Crippen LogP contribution in [0.25, 0.3) is 0 Å². The van der Waals surface area contributed by atoms with Crippen LogP contribution < -0.4 is 0 Å². The van der Waals surface area contributed by atoms with Crippen molar-refractivity contribution in [3.05, 3.63) is 0 Å². The molecule has 1 saturated heterocycles. The number of likely N-dealkylation sites (tertiary alicyclic amines) is 1. The van der Waals surface area contributed by atoms with Crippen molar-refractivity contribution in [2.75, 3.05) is 13.1 Å². The van der Waals surface area contributed by atoms with Gasteiger partial charge in [-0.2, -0.15) is 0 Å². The third-order valence-electron chi connectivity index (χ3n) is 2.98. The molecule has 0 aromatic carbocycles. The zero-order valence-corrected chi connectivity index (χ0v) is 11.3. The van der Waals surface area contributed by atoms with Gasteiger partial charge < -0.3 is 9.64 Å². The molecule has 1 heterocycles. The van der Waals surface area contributed by atoms with Gasteiger partial charge in [0.2, 0.25) is 0 Å². The smallest absolute Gasteiger partial charge is 0.410 e. The largest absolute Gasteiger partial charge is 0.444 e. The van der Waals surface area contributed by atoms with Gasteiger partial charge in [-0.25, -0.2) is 4.79 Å². The van der Waals surface area contributed by atoms with Crippen molar-refractivity contribution in [2.24, 2.45) is 5.92 Å². The van der Waals surface area contributed by atoms with Crippen LogP contribution in [0.1, 0.15) is 47.0 Å². The second-order valence-electron chi connectivity index (χ2n) is 5.58. The summed E-state index contributed by atoms with van der Waals surface area (Å²) in [5.74, 6) is 0.390. The molecular formula is C13H23NO3. The summed E-state index contributed by atoms with van der Waals surface area (Å²) >= 11 is 0. The molecular weight excluding hydrogens is 218 g/mol. The first-order valence-corrected chi connectivity index (χ1v) is 6.34. The molecule has 1 aliphatic heterocycles. The molecule has 0 aromatic rings. The summed E-state index contributed by atoms with van der Waals surface area (Å²) in [7, 11) is 0. The maximum atomic E-state index is 11.9. The summed E-state index contributed by atoms with van der Waals surface area (Å²) in [5.41, 5.74) is -0.475. The van der Waals surface area contributed by atoms with Gasteiger partial charge in [0.15, 0.2) is 0 Å². The number of carbonyl (C=O) groups excluding carboxylic acids is 2. The predicted octanol–water partition coefficient (Wildman–Crippen LogP) is 2.61. The Hall–Kier alpha value is -1.06. The van der Waals surface area contributed by atoms with E-state index < -0.39 is 5.60 Å². The van der Waals surface area contributed by atoms with Crippen LogP contribution in [0.3, 0.4) is 0 Å². The highest BCUT2D eigenvalue weighted by Gasteiger charge is 2.27. The molecule has 98 valence electrons. The fourth-order valence-corrected chi connectivity index (χ4v) is 1.97. The third kappa shape index (κ3) is 4.36. The predicted molar refractivity (Wildman–Crippen MR) is 65.8 cm³/mol. The maximum absolute atomic E-state index is 11.9. The molecule has 1 amide bonds. The van der Waals surface area contributed by atoms with Gasteiger partial charge >= 0.3 is 6.09 Å². The average Bonchev–Trinajstić information content (AvgIpc) is 2.37. The van der Waals surface area contributed by atoms with Gasteiger partial charge in [0.1, 0.15) is 11.4 Å². The lowest BCUT2D eigenvalue weighted by molar-refractivity contribution is -0.122. The zero-order valence-electron chi connectivity index (χ0n) is 11.3. The van der Waals surface area contributed by atoms with E-state index in [0.717, 1.165) is 12.8 Å². The third-order valence-corrected chi connectivity index (χ3v) is 2.98. The van der Waals surface area contributed by atoms with Gasteiger partial charge in [-0.15, -0.1) is 0 Å². The number of hydrogen-bond acceptors (Lipinski definition) is 3. The second-order valence-corrected chi connectivity index (χ2v) is 5.58. The van der Waals surface area contributed by atoms with E-state index in [9.17, 15) is 9.59 Å². The first kappa shape index (κ1) is 14.0. The molecule has 4 nitrogen and oxygen atoms in total. The quantitative estimate of drug-likeness (QED) is 0.709. The fraction of sp³-hybridized carbons (Fsp3) is 0.846. The lowest BCUT2D eigenvalue weighted by atomic mass is 9.97. The number of ketones is 1. The summed E-state index contributed by atoms with van der Waals surface area (Å²) < 4.78 is 5.31. The highest BCUT2D eigenvalue weighted by Crippen LogP contribution is 2.19. The van der Waals surface area contributed by atoms with Crippen LogP contribution >= 0.6 is 0 Å². The first-order valence-electron chi connectivity index (χ1n) is 6.34. The number of ether oxygens (including phenoxy) is 1. The standard InChI is InChI=1S/C13H23NO3/c1-5-10-6-8-14(9-7-11(10)15)12(16)17-13(2,3)4/h10H,5-9H2,1-4H3. The Balaban J connectivity index is 2.56. The molecule has 0 spiro atoms. The Morgan fingerprint density at radius 1 is 1.41 bits per heavy atom. The number of amides is 1. The van der Waals surface area contributed by atoms with Crippen molar-refractivity contribution in [3.63, 3.8) is 0 Å². The second kappa shape index (κ2) is 5.52. The van der Waals surface area contributed by atoms with Gasteiger partial charge in [-0.1, -0.05) is 6.92 Å². The summed E-state index contributed by atoms with van der Waals surface area (Å²) in [6.45, 7) is 8.68. The van der Waals surface area contributed by atoms with Crippen molar-refractivity contribution in [2.45, 2.75) is 52.6 Å². The maximum Gasteiger partial charge on any atom is 0.410 e. The number of rotatable bonds is 1. The van der Waals surface area contributed by atoms with Gasteiger partial charge in [-0.05, 0) is 33.6 Å². The molecule has 0 aliphatic carbocycles. The first-order chi connectivity index (χ1) is 7.83. The zero-order chi connectivity index (χ0) is 13.1. The highest BCUT2D eigenvalue weighted by molar-refractivity contribution is 5.82. The normalized spacial score (nSPS) is 22.2. The van der Waals surface area contributed by atoms with Crippen molar-refractivity contribution in [1.82, 2.24) is 4.90 Å². The van der Waals surface area contributed by atoms with E-state index in [1.54, 1.807) is 4.90 Å². The van der Waals surface area contributed by atoms with E-state index in [1.165, 1.54) is 0 Å². The van der Waals surface area contributed by atoms with Gasteiger partial charge in [0, 0.05) is 25.4 Å². The minimum Gasteiger partial charge on any atom is -0.444 e. The van der Waals surface area contributed by atoms with E-state index in [0.29, 0.717) is 19.5 Å². The molecule has 0 saturated carbocycles. The molecule has 0 bridgehead atoms. The topological polar surface area (TPSA) is 46.6 Å². The number of carbonyl (C=O) groups is 2. The van der Waals surface area contributed by atoms with Crippen LogP contribution in [0.4, 0.5) is 4.79 Å². The van der Waals surface area contributed by atoms with Crippen LogP contribution in [0.15, 0.2) is 0 Å². The molecule has 0 aromatic heterocycles. The average molecular weight is 241 g/mol. The Kier molecular flexibility index (Phi) is 4.54. The summed E-state index contributed by atoms with van der Waals surface area (Å²) in [6.07, 6.45) is 1.77. The van der Waals surface area contributed by atoms with Crippen LogP contribution in [0, 0.1) is 5.92 Å². The van der Waals surface area contributed by atoms with Crippen LogP contribution in [-0.2, 0) is 9.53 Å². The highest BCUT2D eigenvalue weighted by atomic mass is 16.6. The van der Waals surface area contributed by atoms with Gasteiger partial charge in [0.05, 0.1) is 0 Å². The monoisotopic (exact) mass is 241 g/mol. The minimum atomic E-state index is -0.475. The Morgan fingerprint density at radius 2 is 2.06 bits per heavy atom. The molecule has 0 radical (unpaired) electrons. The molecule has 1 atom stereocenters. The minimum absolute atomic E-state index is 0.113. The Labute approximate surface area is 103 Å². The molecule has 0 N–H and O–H groups in total. The van der Waals surface area contributed by atoms with E-state index >= 15 is 0 Å². The van der Waals surface area contributed by atoms with Crippen LogP contribution in [0.2, 0.25) is 0 Å². The Morgan fingerprint density at radius 3 is 2.59 bits per heavy atom. The van der Waals surface area contributed by atoms with Gasteiger partial charge in [0.25, 0.3) is 0 Å². The Bertz CT molecular complexity index is 294. The van der Waals surface area contributed by atoms with Crippen molar-refractivity contribution >= 4 is 11.9 Å². The molecule has 1 fully saturated rings. The van der Waals surface area contributed by atoms with E-state index in [2.05, 4.69) is 0 Å². The summed E-state index contributed by atoms with van der Waals surface area (Å²) in [4.78, 5) is 25.2. The van der Waals surface area contributed by atoms with Gasteiger partial charge in [-0.3, -0.25) is 4.79 Å². The summed E-state index contributed by atoms with van der Waals surface area (Å²) in [5, 5.41) is 0. The van der Waals surface area contributed by atoms with E-state index in [4.69, 9.17) is 4.74 Å². The number of Topliss-reactive ketones (excluding diaryl/α,β-unsaturated/α-hetero) is 1. The van der Waals surface area contributed by atoms with Crippen LogP contribution in [-0.4, -0.2) is 35.5 Å². The molecule has 1 unspecified atom stereocenters. The molecule has 1 rings (SSSR count). The van der Waals surface area contributed by atoms with E-state index in [-0.39, 0.29) is 17.8 Å². The SMILES string of the molecule is CCC1CCN(C(=O)OC(C)(C)C)CCC1=O. The lowest BCUT2D eigenvalue weighted by Gasteiger charge is -2.26. The van der Waals surface area contributed by atoms with E-state index in [1.807, 2.05) is 27.7 Å². The van der Waals surface area contributed by atoms with Crippen molar-refractivity contribution in [1.29, 1.82) is 0 Å². The van der Waals surface area contributed by atoms with Crippen molar-refractivity contribution in [3.8, 4) is 0 Å². The summed E-state index contributed by atoms with van der Waals surface area (Å²) in [6, 6.07) is 0. The van der Waals surface area contributed by atoms with Crippen molar-refractivity contribution < 1.29 is 14.3 Å². The number of hydrogen-bond donors (Lipinski definition) is 0. The molecule has 1 aliphatic rings. The lowest BCUT2D eigenvalue weighted by Crippen LogP contribution is -2.37. The molecule has 4 heteroatoms. The molecule has 17 heavy (non-hydrogen) atoms.